The van der Waals surface area contributed by atoms with Gasteiger partial charge in [0, 0.05) is 12.6 Å². The first-order valence-corrected chi connectivity index (χ1v) is 6.75. The molecule has 1 aliphatic carbocycles. The van der Waals surface area contributed by atoms with Crippen LogP contribution in [0.2, 0.25) is 0 Å². The molecule has 0 bridgehead atoms. The summed E-state index contributed by atoms with van der Waals surface area (Å²) >= 11 is 0. The summed E-state index contributed by atoms with van der Waals surface area (Å²) in [5, 5.41) is 0. The Hall–Kier alpha value is -1.06. The molecule has 0 aliphatic heterocycles. The predicted octanol–water partition coefficient (Wildman–Crippen LogP) is 2.51. The van der Waals surface area contributed by atoms with Crippen molar-refractivity contribution in [1.82, 2.24) is 4.90 Å². The number of hydrogen-bond acceptors (Lipinski definition) is 2. The zero-order chi connectivity index (χ0) is 13.1. The molecule has 1 atom stereocenters. The average Bonchev–Trinajstić information content (AvgIpc) is 3.20. The molecule has 1 saturated carbocycles. The van der Waals surface area contributed by atoms with Gasteiger partial charge in [-0.25, -0.2) is 0 Å². The van der Waals surface area contributed by atoms with Crippen LogP contribution in [-0.2, 0) is 17.8 Å². The van der Waals surface area contributed by atoms with E-state index < -0.39 is 6.04 Å². The Balaban J connectivity index is 0.00000180. The molecule has 2 rings (SSSR count). The number of nitrogens with two attached hydrogens (primary N) is 1. The molecule has 1 fully saturated rings. The first-order chi connectivity index (χ1) is 8.61. The normalized spacial score (nSPS) is 15.5. The van der Waals surface area contributed by atoms with Crippen LogP contribution in [0, 0.1) is 0 Å². The summed E-state index contributed by atoms with van der Waals surface area (Å²) in [5.74, 6) is 0.0667. The molecule has 106 valence electrons. The standard InChI is InChI=1S/C15H22N2O.ClH/c1-3-12-4-6-13(7-5-12)10-17(14-8-9-14)15(18)11(2)16;/h4-7,11,14H,3,8-10,16H2,1-2H3;1H/t11-;/m0./s1. The molecule has 1 aliphatic rings. The molecule has 4 heteroatoms. The highest BCUT2D eigenvalue weighted by atomic mass is 35.5. The highest BCUT2D eigenvalue weighted by molar-refractivity contribution is 5.85. The van der Waals surface area contributed by atoms with Crippen molar-refractivity contribution >= 4 is 18.3 Å². The van der Waals surface area contributed by atoms with Crippen molar-refractivity contribution < 1.29 is 4.79 Å². The maximum atomic E-state index is 12.1. The first kappa shape index (κ1) is 16.0. The number of hydrogen-bond donors (Lipinski definition) is 1. The largest absolute Gasteiger partial charge is 0.334 e. The average molecular weight is 283 g/mol. The van der Waals surface area contributed by atoms with Crippen LogP contribution in [0.3, 0.4) is 0 Å². The fourth-order valence-corrected chi connectivity index (χ4v) is 2.11. The quantitative estimate of drug-likeness (QED) is 0.902. The summed E-state index contributed by atoms with van der Waals surface area (Å²) in [5.41, 5.74) is 8.23. The third-order valence-electron chi connectivity index (χ3n) is 3.44. The van der Waals surface area contributed by atoms with Gasteiger partial charge in [-0.2, -0.15) is 0 Å². The van der Waals surface area contributed by atoms with Gasteiger partial charge in [0.15, 0.2) is 0 Å². The second-order valence-corrected chi connectivity index (χ2v) is 5.16. The van der Waals surface area contributed by atoms with Crippen LogP contribution in [0.4, 0.5) is 0 Å². The van der Waals surface area contributed by atoms with Crippen LogP contribution in [-0.4, -0.2) is 22.9 Å². The first-order valence-electron chi connectivity index (χ1n) is 6.75. The number of rotatable bonds is 5. The smallest absolute Gasteiger partial charge is 0.239 e. The van der Waals surface area contributed by atoms with E-state index in [0.29, 0.717) is 12.6 Å². The zero-order valence-electron chi connectivity index (χ0n) is 11.6. The van der Waals surface area contributed by atoms with Gasteiger partial charge in [-0.05, 0) is 37.3 Å². The Morgan fingerprint density at radius 2 is 1.84 bits per heavy atom. The van der Waals surface area contributed by atoms with E-state index in [1.54, 1.807) is 6.92 Å². The molecule has 1 amide bonds. The monoisotopic (exact) mass is 282 g/mol. The molecule has 0 aromatic heterocycles. The van der Waals surface area contributed by atoms with E-state index in [1.807, 2.05) is 4.90 Å². The summed E-state index contributed by atoms with van der Waals surface area (Å²) in [7, 11) is 0. The number of aryl methyl sites for hydroxylation is 1. The Bertz CT molecular complexity index is 413. The fourth-order valence-electron chi connectivity index (χ4n) is 2.11. The summed E-state index contributed by atoms with van der Waals surface area (Å²) < 4.78 is 0. The highest BCUT2D eigenvalue weighted by Crippen LogP contribution is 2.28. The SMILES string of the molecule is CCc1ccc(CN(C(=O)[C@H](C)N)C2CC2)cc1.Cl. The van der Waals surface area contributed by atoms with Crippen molar-refractivity contribution in [2.45, 2.75) is 51.7 Å². The fraction of sp³-hybridized carbons (Fsp3) is 0.533. The molecule has 19 heavy (non-hydrogen) atoms. The van der Waals surface area contributed by atoms with Crippen molar-refractivity contribution in [2.75, 3.05) is 0 Å². The van der Waals surface area contributed by atoms with Crippen LogP contribution in [0.15, 0.2) is 24.3 Å². The maximum absolute atomic E-state index is 12.1. The summed E-state index contributed by atoms with van der Waals surface area (Å²) in [6.45, 7) is 4.60. The molecule has 0 heterocycles. The molecule has 0 saturated heterocycles. The van der Waals surface area contributed by atoms with Crippen molar-refractivity contribution in [3.05, 3.63) is 35.4 Å². The van der Waals surface area contributed by atoms with Gasteiger partial charge in [0.1, 0.15) is 0 Å². The molecular formula is C15H23ClN2O. The third kappa shape index (κ3) is 4.22. The number of amides is 1. The molecule has 2 N–H and O–H groups in total. The Labute approximate surface area is 121 Å². The summed E-state index contributed by atoms with van der Waals surface area (Å²) in [6.07, 6.45) is 3.28. The number of nitrogens with zero attached hydrogens (tertiary/aromatic N) is 1. The number of carbonyl (C=O) groups excluding carboxylic acids is 1. The van der Waals surface area contributed by atoms with Gasteiger partial charge in [0.05, 0.1) is 6.04 Å². The summed E-state index contributed by atoms with van der Waals surface area (Å²) in [4.78, 5) is 14.0. The van der Waals surface area contributed by atoms with Crippen LogP contribution >= 0.6 is 12.4 Å². The van der Waals surface area contributed by atoms with E-state index in [0.717, 1.165) is 19.3 Å². The molecule has 0 unspecified atom stereocenters. The van der Waals surface area contributed by atoms with Gasteiger partial charge >= 0.3 is 0 Å². The lowest BCUT2D eigenvalue weighted by atomic mass is 10.1. The van der Waals surface area contributed by atoms with Crippen LogP contribution in [0.5, 0.6) is 0 Å². The Morgan fingerprint density at radius 3 is 2.26 bits per heavy atom. The number of carbonyl (C=O) groups is 1. The van der Waals surface area contributed by atoms with Crippen LogP contribution in [0.1, 0.15) is 37.8 Å². The van der Waals surface area contributed by atoms with E-state index in [-0.39, 0.29) is 18.3 Å². The van der Waals surface area contributed by atoms with Crippen molar-refractivity contribution in [2.24, 2.45) is 5.73 Å². The van der Waals surface area contributed by atoms with Gasteiger partial charge in [-0.3, -0.25) is 4.79 Å². The van der Waals surface area contributed by atoms with Gasteiger partial charge in [-0.15, -0.1) is 12.4 Å². The lowest BCUT2D eigenvalue weighted by Gasteiger charge is -2.24. The minimum atomic E-state index is -0.402. The molecule has 1 aromatic rings. The van der Waals surface area contributed by atoms with Crippen molar-refractivity contribution in [3.8, 4) is 0 Å². The predicted molar refractivity (Wildman–Crippen MR) is 80.3 cm³/mol. The summed E-state index contributed by atoms with van der Waals surface area (Å²) in [6, 6.07) is 8.51. The molecule has 0 spiro atoms. The minimum absolute atomic E-state index is 0. The second kappa shape index (κ2) is 6.92. The second-order valence-electron chi connectivity index (χ2n) is 5.16. The van der Waals surface area contributed by atoms with Crippen molar-refractivity contribution in [3.63, 3.8) is 0 Å². The van der Waals surface area contributed by atoms with Gasteiger partial charge in [-0.1, -0.05) is 31.2 Å². The molecule has 3 nitrogen and oxygen atoms in total. The lowest BCUT2D eigenvalue weighted by molar-refractivity contribution is -0.133. The zero-order valence-corrected chi connectivity index (χ0v) is 12.5. The minimum Gasteiger partial charge on any atom is -0.334 e. The van der Waals surface area contributed by atoms with Crippen LogP contribution in [0.25, 0.3) is 0 Å². The number of halogens is 1. The van der Waals surface area contributed by atoms with Gasteiger partial charge in [0.2, 0.25) is 5.91 Å². The maximum Gasteiger partial charge on any atom is 0.239 e. The molecular weight excluding hydrogens is 260 g/mol. The molecule has 0 radical (unpaired) electrons. The van der Waals surface area contributed by atoms with Gasteiger partial charge < -0.3 is 10.6 Å². The highest BCUT2D eigenvalue weighted by Gasteiger charge is 2.33. The van der Waals surface area contributed by atoms with E-state index in [1.165, 1.54) is 11.1 Å². The Morgan fingerprint density at radius 1 is 1.32 bits per heavy atom. The van der Waals surface area contributed by atoms with Crippen molar-refractivity contribution in [1.29, 1.82) is 0 Å². The number of benzene rings is 1. The van der Waals surface area contributed by atoms with E-state index >= 15 is 0 Å². The Kier molecular flexibility index (Phi) is 5.83. The van der Waals surface area contributed by atoms with Gasteiger partial charge in [0.25, 0.3) is 0 Å². The topological polar surface area (TPSA) is 46.3 Å². The third-order valence-corrected chi connectivity index (χ3v) is 3.44. The van der Waals surface area contributed by atoms with E-state index in [2.05, 4.69) is 31.2 Å². The van der Waals surface area contributed by atoms with E-state index in [9.17, 15) is 4.79 Å². The van der Waals surface area contributed by atoms with E-state index in [4.69, 9.17) is 5.73 Å². The molecule has 1 aromatic carbocycles. The lowest BCUT2D eigenvalue weighted by Crippen LogP contribution is -2.42. The van der Waals surface area contributed by atoms with Crippen LogP contribution < -0.4 is 5.73 Å².